The second-order valence-corrected chi connectivity index (χ2v) is 5.72. The molecule has 0 aliphatic rings. The SMILES string of the molecule is COc1ccc(C=Nn2c(-c3ccccc3C)n[nH]c2=S)c(OC)c1. The van der Waals surface area contributed by atoms with Crippen LogP contribution in [-0.4, -0.2) is 35.3 Å². The molecule has 1 aromatic heterocycles. The maximum atomic E-state index is 5.39. The summed E-state index contributed by atoms with van der Waals surface area (Å²) in [7, 11) is 3.22. The van der Waals surface area contributed by atoms with Crippen molar-refractivity contribution in [3.05, 3.63) is 58.4 Å². The lowest BCUT2D eigenvalue weighted by Crippen LogP contribution is -1.98. The van der Waals surface area contributed by atoms with E-state index in [1.54, 1.807) is 31.2 Å². The molecule has 1 N–H and O–H groups in total. The topological polar surface area (TPSA) is 64.4 Å². The molecule has 0 saturated heterocycles. The predicted molar refractivity (Wildman–Crippen MR) is 100 cm³/mol. The number of aromatic amines is 1. The summed E-state index contributed by atoms with van der Waals surface area (Å²) < 4.78 is 12.6. The van der Waals surface area contributed by atoms with Crippen molar-refractivity contribution in [2.24, 2.45) is 5.10 Å². The van der Waals surface area contributed by atoms with Crippen LogP contribution < -0.4 is 9.47 Å². The van der Waals surface area contributed by atoms with Gasteiger partial charge in [0.05, 0.1) is 20.4 Å². The molecule has 0 radical (unpaired) electrons. The zero-order chi connectivity index (χ0) is 17.8. The smallest absolute Gasteiger partial charge is 0.216 e. The van der Waals surface area contributed by atoms with E-state index in [0.29, 0.717) is 16.3 Å². The van der Waals surface area contributed by atoms with Crippen LogP contribution in [0.4, 0.5) is 0 Å². The molecule has 0 aliphatic carbocycles. The highest BCUT2D eigenvalue weighted by atomic mass is 32.1. The van der Waals surface area contributed by atoms with Gasteiger partial charge in [0, 0.05) is 17.2 Å². The zero-order valence-electron chi connectivity index (χ0n) is 14.2. The molecule has 0 bridgehead atoms. The summed E-state index contributed by atoms with van der Waals surface area (Å²) in [6.07, 6.45) is 1.69. The molecular formula is C18H18N4O2S. The summed E-state index contributed by atoms with van der Waals surface area (Å²) in [4.78, 5) is 0. The number of rotatable bonds is 5. The van der Waals surface area contributed by atoms with E-state index in [0.717, 1.165) is 22.4 Å². The number of aromatic nitrogens is 3. The third kappa shape index (κ3) is 3.46. The van der Waals surface area contributed by atoms with Gasteiger partial charge >= 0.3 is 0 Å². The van der Waals surface area contributed by atoms with Gasteiger partial charge in [-0.05, 0) is 36.8 Å². The Morgan fingerprint density at radius 2 is 1.96 bits per heavy atom. The standard InChI is InChI=1S/C18H18N4O2S/c1-12-6-4-5-7-15(12)17-20-21-18(25)22(17)19-11-13-8-9-14(23-2)10-16(13)24-3/h4-11H,1-3H3,(H,21,25). The van der Waals surface area contributed by atoms with Gasteiger partial charge in [0.15, 0.2) is 5.82 Å². The third-order valence-electron chi connectivity index (χ3n) is 3.79. The molecule has 1 heterocycles. The summed E-state index contributed by atoms with van der Waals surface area (Å²) in [5, 5.41) is 11.6. The highest BCUT2D eigenvalue weighted by Crippen LogP contribution is 2.24. The van der Waals surface area contributed by atoms with E-state index in [1.165, 1.54) is 0 Å². The summed E-state index contributed by atoms with van der Waals surface area (Å²) >= 11 is 5.31. The highest BCUT2D eigenvalue weighted by Gasteiger charge is 2.10. The molecule has 25 heavy (non-hydrogen) atoms. The number of H-pyrrole nitrogens is 1. The van der Waals surface area contributed by atoms with Crippen molar-refractivity contribution < 1.29 is 9.47 Å². The molecule has 0 atom stereocenters. The Hall–Kier alpha value is -2.93. The fourth-order valence-electron chi connectivity index (χ4n) is 2.44. The predicted octanol–water partition coefficient (Wildman–Crippen LogP) is 3.82. The Labute approximate surface area is 150 Å². The van der Waals surface area contributed by atoms with Crippen molar-refractivity contribution in [1.82, 2.24) is 14.9 Å². The molecule has 7 heteroatoms. The second kappa shape index (κ2) is 7.31. The van der Waals surface area contributed by atoms with Gasteiger partial charge in [0.25, 0.3) is 0 Å². The van der Waals surface area contributed by atoms with E-state index in [9.17, 15) is 0 Å². The van der Waals surface area contributed by atoms with Crippen molar-refractivity contribution in [3.63, 3.8) is 0 Å². The van der Waals surface area contributed by atoms with E-state index in [2.05, 4.69) is 15.3 Å². The summed E-state index contributed by atoms with van der Waals surface area (Å²) in [5.41, 5.74) is 2.87. The van der Waals surface area contributed by atoms with Gasteiger partial charge < -0.3 is 9.47 Å². The van der Waals surface area contributed by atoms with Gasteiger partial charge in [-0.3, -0.25) is 0 Å². The van der Waals surface area contributed by atoms with E-state index >= 15 is 0 Å². The average molecular weight is 354 g/mol. The maximum absolute atomic E-state index is 5.39. The van der Waals surface area contributed by atoms with Gasteiger partial charge in [0.2, 0.25) is 4.77 Å². The minimum Gasteiger partial charge on any atom is -0.497 e. The van der Waals surface area contributed by atoms with Crippen LogP contribution in [0.15, 0.2) is 47.6 Å². The van der Waals surface area contributed by atoms with E-state index < -0.39 is 0 Å². The third-order valence-corrected chi connectivity index (χ3v) is 4.05. The first-order valence-electron chi connectivity index (χ1n) is 7.64. The van der Waals surface area contributed by atoms with Crippen LogP contribution in [0, 0.1) is 11.7 Å². The monoisotopic (exact) mass is 354 g/mol. The molecule has 3 aromatic rings. The number of ether oxygens (including phenoxy) is 2. The number of hydrogen-bond donors (Lipinski definition) is 1. The van der Waals surface area contributed by atoms with Crippen LogP contribution in [0.25, 0.3) is 11.4 Å². The maximum Gasteiger partial charge on any atom is 0.216 e. The number of aryl methyl sites for hydroxylation is 1. The molecule has 2 aromatic carbocycles. The van der Waals surface area contributed by atoms with Gasteiger partial charge in [-0.1, -0.05) is 24.3 Å². The Morgan fingerprint density at radius 1 is 1.16 bits per heavy atom. The lowest BCUT2D eigenvalue weighted by atomic mass is 10.1. The lowest BCUT2D eigenvalue weighted by Gasteiger charge is -2.07. The number of nitrogens with zero attached hydrogens (tertiary/aromatic N) is 3. The Balaban J connectivity index is 2.02. The Morgan fingerprint density at radius 3 is 2.68 bits per heavy atom. The largest absolute Gasteiger partial charge is 0.497 e. The van der Waals surface area contributed by atoms with Crippen LogP contribution in [0.5, 0.6) is 11.5 Å². The fourth-order valence-corrected chi connectivity index (χ4v) is 2.62. The van der Waals surface area contributed by atoms with Crippen molar-refractivity contribution in [3.8, 4) is 22.9 Å². The molecule has 6 nitrogen and oxygen atoms in total. The average Bonchev–Trinajstić information content (AvgIpc) is 3.00. The summed E-state index contributed by atoms with van der Waals surface area (Å²) in [5.74, 6) is 2.04. The second-order valence-electron chi connectivity index (χ2n) is 5.33. The lowest BCUT2D eigenvalue weighted by molar-refractivity contribution is 0.394. The first-order valence-corrected chi connectivity index (χ1v) is 8.04. The van der Waals surface area contributed by atoms with Crippen LogP contribution in [0.3, 0.4) is 0 Å². The normalized spacial score (nSPS) is 11.0. The van der Waals surface area contributed by atoms with Crippen LogP contribution >= 0.6 is 12.2 Å². The molecule has 3 rings (SSSR count). The van der Waals surface area contributed by atoms with E-state index in [1.807, 2.05) is 43.3 Å². The first-order chi connectivity index (χ1) is 12.1. The Bertz CT molecular complexity index is 975. The van der Waals surface area contributed by atoms with Gasteiger partial charge in [-0.25, -0.2) is 5.10 Å². The molecule has 0 fully saturated rings. The van der Waals surface area contributed by atoms with Gasteiger partial charge in [-0.2, -0.15) is 14.9 Å². The summed E-state index contributed by atoms with van der Waals surface area (Å²) in [6.45, 7) is 2.02. The molecule has 0 unspecified atom stereocenters. The van der Waals surface area contributed by atoms with Crippen molar-refractivity contribution in [2.75, 3.05) is 14.2 Å². The van der Waals surface area contributed by atoms with Crippen LogP contribution in [0.1, 0.15) is 11.1 Å². The first kappa shape index (κ1) is 16.9. The van der Waals surface area contributed by atoms with Gasteiger partial charge in [-0.15, -0.1) is 0 Å². The number of methoxy groups -OCH3 is 2. The van der Waals surface area contributed by atoms with Crippen molar-refractivity contribution in [1.29, 1.82) is 0 Å². The van der Waals surface area contributed by atoms with Crippen molar-refractivity contribution in [2.45, 2.75) is 6.92 Å². The number of hydrogen-bond acceptors (Lipinski definition) is 5. The fraction of sp³-hybridized carbons (Fsp3) is 0.167. The van der Waals surface area contributed by atoms with E-state index in [-0.39, 0.29) is 0 Å². The zero-order valence-corrected chi connectivity index (χ0v) is 15.0. The quantitative estimate of drug-likeness (QED) is 0.559. The number of nitrogens with one attached hydrogen (secondary N) is 1. The molecule has 0 spiro atoms. The molecule has 0 aliphatic heterocycles. The molecule has 0 saturated carbocycles. The van der Waals surface area contributed by atoms with Crippen LogP contribution in [-0.2, 0) is 0 Å². The molecule has 128 valence electrons. The van der Waals surface area contributed by atoms with Gasteiger partial charge in [0.1, 0.15) is 11.5 Å². The highest BCUT2D eigenvalue weighted by molar-refractivity contribution is 7.71. The number of benzene rings is 2. The molecule has 0 amide bonds. The summed E-state index contributed by atoms with van der Waals surface area (Å²) in [6, 6.07) is 13.5. The minimum absolute atomic E-state index is 0.419. The van der Waals surface area contributed by atoms with Crippen molar-refractivity contribution >= 4 is 18.4 Å². The molecular weight excluding hydrogens is 336 g/mol. The minimum atomic E-state index is 0.419. The Kier molecular flexibility index (Phi) is 4.95. The van der Waals surface area contributed by atoms with E-state index in [4.69, 9.17) is 21.7 Å². The van der Waals surface area contributed by atoms with Crippen LogP contribution in [0.2, 0.25) is 0 Å².